The van der Waals surface area contributed by atoms with Crippen LogP contribution in [-0.4, -0.2) is 22.2 Å². The quantitative estimate of drug-likeness (QED) is 0.909. The van der Waals surface area contributed by atoms with Gasteiger partial charge in [-0.1, -0.05) is 17.4 Å². The van der Waals surface area contributed by atoms with Crippen molar-refractivity contribution in [1.82, 2.24) is 4.57 Å². The fraction of sp³-hybridized carbons (Fsp3) is 0.231. The Bertz CT molecular complexity index is 644. The molecule has 0 atom stereocenters. The second-order valence-corrected chi connectivity index (χ2v) is 4.80. The number of aromatic carboxylic acids is 1. The van der Waals surface area contributed by atoms with Crippen LogP contribution in [0, 0.1) is 6.92 Å². The molecule has 1 heterocycles. The van der Waals surface area contributed by atoms with Crippen LogP contribution in [0.2, 0.25) is 0 Å². The van der Waals surface area contributed by atoms with E-state index in [1.807, 2.05) is 6.92 Å². The molecule has 0 aliphatic heterocycles. The smallest absolute Gasteiger partial charge is 0.335 e. The SMILES string of the molecule is Cc1csc(=O)n1CCOc1cccc(C(=O)O)c1. The largest absolute Gasteiger partial charge is 0.492 e. The molecule has 5 nitrogen and oxygen atoms in total. The molecule has 2 rings (SSSR count). The third-order valence-electron chi connectivity index (χ3n) is 2.64. The van der Waals surface area contributed by atoms with E-state index in [-0.39, 0.29) is 10.4 Å². The van der Waals surface area contributed by atoms with E-state index in [4.69, 9.17) is 9.84 Å². The minimum absolute atomic E-state index is 0.0135. The Balaban J connectivity index is 1.98. The first kappa shape index (κ1) is 13.4. The number of carbonyl (C=O) groups is 1. The molecular weight excluding hydrogens is 266 g/mol. The fourth-order valence-electron chi connectivity index (χ4n) is 1.65. The molecule has 1 aromatic heterocycles. The number of carboxylic acid groups (broad SMARTS) is 1. The van der Waals surface area contributed by atoms with Crippen LogP contribution >= 0.6 is 11.3 Å². The highest BCUT2D eigenvalue weighted by Crippen LogP contribution is 2.13. The number of carboxylic acids is 1. The van der Waals surface area contributed by atoms with E-state index in [1.165, 1.54) is 12.1 Å². The summed E-state index contributed by atoms with van der Waals surface area (Å²) < 4.78 is 7.09. The lowest BCUT2D eigenvalue weighted by Gasteiger charge is -2.08. The summed E-state index contributed by atoms with van der Waals surface area (Å²) in [5.74, 6) is -0.504. The van der Waals surface area contributed by atoms with E-state index in [0.29, 0.717) is 18.9 Å². The Kier molecular flexibility index (Phi) is 4.01. The molecule has 19 heavy (non-hydrogen) atoms. The number of thiazole rings is 1. The highest BCUT2D eigenvalue weighted by molar-refractivity contribution is 7.07. The van der Waals surface area contributed by atoms with E-state index in [0.717, 1.165) is 17.0 Å². The number of rotatable bonds is 5. The molecule has 0 fully saturated rings. The van der Waals surface area contributed by atoms with Crippen molar-refractivity contribution < 1.29 is 14.6 Å². The van der Waals surface area contributed by atoms with Crippen LogP contribution in [-0.2, 0) is 6.54 Å². The molecule has 1 aromatic carbocycles. The number of hydrogen-bond acceptors (Lipinski definition) is 4. The summed E-state index contributed by atoms with van der Waals surface area (Å²) >= 11 is 1.16. The average Bonchev–Trinajstić information content (AvgIpc) is 2.71. The highest BCUT2D eigenvalue weighted by Gasteiger charge is 2.05. The monoisotopic (exact) mass is 279 g/mol. The van der Waals surface area contributed by atoms with Crippen LogP contribution in [0.15, 0.2) is 34.4 Å². The van der Waals surface area contributed by atoms with Gasteiger partial charge in [-0.15, -0.1) is 0 Å². The Labute approximate surface area is 113 Å². The van der Waals surface area contributed by atoms with Crippen LogP contribution in [0.4, 0.5) is 0 Å². The summed E-state index contributed by atoms with van der Waals surface area (Å²) in [6.07, 6.45) is 0. The first-order chi connectivity index (χ1) is 9.08. The van der Waals surface area contributed by atoms with E-state index < -0.39 is 5.97 Å². The van der Waals surface area contributed by atoms with Crippen LogP contribution in [0.3, 0.4) is 0 Å². The van der Waals surface area contributed by atoms with Gasteiger partial charge in [0, 0.05) is 11.1 Å². The summed E-state index contributed by atoms with van der Waals surface area (Å²) in [6.45, 7) is 2.63. The maximum Gasteiger partial charge on any atom is 0.335 e. The van der Waals surface area contributed by atoms with E-state index >= 15 is 0 Å². The van der Waals surface area contributed by atoms with Gasteiger partial charge in [-0.25, -0.2) is 4.79 Å². The predicted molar refractivity (Wildman–Crippen MR) is 72.2 cm³/mol. The minimum atomic E-state index is -0.990. The van der Waals surface area contributed by atoms with Gasteiger partial charge in [0.05, 0.1) is 12.1 Å². The predicted octanol–water partition coefficient (Wildman–Crippen LogP) is 2.00. The van der Waals surface area contributed by atoms with Crippen molar-refractivity contribution >= 4 is 17.3 Å². The van der Waals surface area contributed by atoms with Gasteiger partial charge in [-0.3, -0.25) is 9.36 Å². The third kappa shape index (κ3) is 3.23. The molecule has 0 unspecified atom stereocenters. The molecule has 0 bridgehead atoms. The van der Waals surface area contributed by atoms with Crippen molar-refractivity contribution in [1.29, 1.82) is 0 Å². The van der Waals surface area contributed by atoms with Crippen LogP contribution in [0.5, 0.6) is 5.75 Å². The summed E-state index contributed by atoms with van der Waals surface area (Å²) in [4.78, 5) is 22.3. The maximum atomic E-state index is 11.5. The summed E-state index contributed by atoms with van der Waals surface area (Å²) in [5, 5.41) is 10.7. The van der Waals surface area contributed by atoms with Gasteiger partial charge >= 0.3 is 10.8 Å². The van der Waals surface area contributed by atoms with Crippen molar-refractivity contribution in [2.75, 3.05) is 6.61 Å². The van der Waals surface area contributed by atoms with E-state index in [1.54, 1.807) is 22.1 Å². The lowest BCUT2D eigenvalue weighted by Crippen LogP contribution is -2.19. The Morgan fingerprint density at radius 2 is 2.26 bits per heavy atom. The van der Waals surface area contributed by atoms with Gasteiger partial charge in [0.25, 0.3) is 0 Å². The molecular formula is C13H13NO4S. The third-order valence-corrected chi connectivity index (χ3v) is 3.52. The molecule has 0 saturated carbocycles. The zero-order chi connectivity index (χ0) is 13.8. The fourth-order valence-corrected chi connectivity index (χ4v) is 2.41. The Morgan fingerprint density at radius 3 is 2.89 bits per heavy atom. The molecule has 2 aromatic rings. The Hall–Kier alpha value is -2.08. The second-order valence-electron chi connectivity index (χ2n) is 3.98. The van der Waals surface area contributed by atoms with Crippen LogP contribution in [0.1, 0.15) is 16.1 Å². The molecule has 0 aliphatic rings. The van der Waals surface area contributed by atoms with E-state index in [9.17, 15) is 9.59 Å². The first-order valence-corrected chi connectivity index (χ1v) is 6.57. The molecule has 0 radical (unpaired) electrons. The topological polar surface area (TPSA) is 68.5 Å². The number of hydrogen-bond donors (Lipinski definition) is 1. The van der Waals surface area contributed by atoms with Gasteiger partial charge in [0.15, 0.2) is 0 Å². The normalized spacial score (nSPS) is 10.4. The highest BCUT2D eigenvalue weighted by atomic mass is 32.1. The van der Waals surface area contributed by atoms with Crippen molar-refractivity contribution in [2.45, 2.75) is 13.5 Å². The molecule has 0 saturated heterocycles. The zero-order valence-electron chi connectivity index (χ0n) is 10.3. The molecule has 1 N–H and O–H groups in total. The molecule has 0 aliphatic carbocycles. The molecule has 0 spiro atoms. The lowest BCUT2D eigenvalue weighted by atomic mass is 10.2. The summed E-state index contributed by atoms with van der Waals surface area (Å²) in [5.41, 5.74) is 1.08. The van der Waals surface area contributed by atoms with Gasteiger partial charge in [0.1, 0.15) is 12.4 Å². The van der Waals surface area contributed by atoms with Crippen molar-refractivity contribution in [3.63, 3.8) is 0 Å². The maximum absolute atomic E-state index is 11.5. The molecule has 100 valence electrons. The number of benzene rings is 1. The second kappa shape index (κ2) is 5.71. The standard InChI is InChI=1S/C13H13NO4S/c1-9-8-19-13(17)14(9)5-6-18-11-4-2-3-10(7-11)12(15)16/h2-4,7-8H,5-6H2,1H3,(H,15,16). The van der Waals surface area contributed by atoms with Crippen molar-refractivity contribution in [3.05, 3.63) is 50.6 Å². The van der Waals surface area contributed by atoms with Crippen molar-refractivity contribution in [3.8, 4) is 5.75 Å². The number of nitrogens with zero attached hydrogens (tertiary/aromatic N) is 1. The Morgan fingerprint density at radius 1 is 1.47 bits per heavy atom. The van der Waals surface area contributed by atoms with Crippen LogP contribution < -0.4 is 9.61 Å². The number of aryl methyl sites for hydroxylation is 1. The number of ether oxygens (including phenoxy) is 1. The lowest BCUT2D eigenvalue weighted by molar-refractivity contribution is 0.0696. The molecule has 6 heteroatoms. The minimum Gasteiger partial charge on any atom is -0.492 e. The van der Waals surface area contributed by atoms with Gasteiger partial charge in [-0.2, -0.15) is 0 Å². The first-order valence-electron chi connectivity index (χ1n) is 5.69. The van der Waals surface area contributed by atoms with Gasteiger partial charge < -0.3 is 9.84 Å². The summed E-state index contributed by atoms with van der Waals surface area (Å²) in [6, 6.07) is 6.28. The van der Waals surface area contributed by atoms with E-state index in [2.05, 4.69) is 0 Å². The zero-order valence-corrected chi connectivity index (χ0v) is 11.1. The number of aromatic nitrogens is 1. The van der Waals surface area contributed by atoms with Crippen LogP contribution in [0.25, 0.3) is 0 Å². The molecule has 0 amide bonds. The van der Waals surface area contributed by atoms with Gasteiger partial charge in [0.2, 0.25) is 0 Å². The van der Waals surface area contributed by atoms with Gasteiger partial charge in [-0.05, 0) is 25.1 Å². The summed E-state index contributed by atoms with van der Waals surface area (Å²) in [7, 11) is 0. The van der Waals surface area contributed by atoms with Crippen molar-refractivity contribution in [2.24, 2.45) is 0 Å². The average molecular weight is 279 g/mol.